The molecule has 0 heterocycles. The molecule has 0 unspecified atom stereocenters. The fourth-order valence-electron chi connectivity index (χ4n) is 1.87. The standard InChI is InChI=1S/C12H25N3OS/c1-3-15(10-4-5-10)8-7-14-12(16)11(13)6-9-17-2/h10-11H,3-9,13H2,1-2H3,(H,14,16)/t11-/m0/s1. The maximum absolute atomic E-state index is 11.6. The third-order valence-electron chi connectivity index (χ3n) is 3.14. The van der Waals surface area contributed by atoms with Gasteiger partial charge < -0.3 is 11.1 Å². The van der Waals surface area contributed by atoms with E-state index in [0.29, 0.717) is 0 Å². The van der Waals surface area contributed by atoms with E-state index >= 15 is 0 Å². The molecule has 1 aliphatic carbocycles. The lowest BCUT2D eigenvalue weighted by molar-refractivity contribution is -0.122. The zero-order valence-electron chi connectivity index (χ0n) is 10.9. The van der Waals surface area contributed by atoms with Gasteiger partial charge in [0.1, 0.15) is 0 Å². The molecule has 0 saturated heterocycles. The Hall–Kier alpha value is -0.260. The molecule has 1 atom stereocenters. The molecule has 0 aliphatic heterocycles. The first-order chi connectivity index (χ1) is 8.19. The van der Waals surface area contributed by atoms with E-state index in [4.69, 9.17) is 5.73 Å². The molecule has 0 aromatic rings. The van der Waals surface area contributed by atoms with Crippen molar-refractivity contribution in [3.05, 3.63) is 0 Å². The van der Waals surface area contributed by atoms with E-state index in [0.717, 1.165) is 37.8 Å². The molecule has 1 rings (SSSR count). The summed E-state index contributed by atoms with van der Waals surface area (Å²) in [6.45, 7) is 4.90. The van der Waals surface area contributed by atoms with Crippen molar-refractivity contribution >= 4 is 17.7 Å². The summed E-state index contributed by atoms with van der Waals surface area (Å²) in [6, 6.07) is 0.417. The third-order valence-corrected chi connectivity index (χ3v) is 3.78. The van der Waals surface area contributed by atoms with Crippen LogP contribution in [0.3, 0.4) is 0 Å². The van der Waals surface area contributed by atoms with Crippen LogP contribution in [-0.4, -0.2) is 54.5 Å². The minimum Gasteiger partial charge on any atom is -0.353 e. The molecule has 3 N–H and O–H groups in total. The minimum atomic E-state index is -0.349. The minimum absolute atomic E-state index is 0.00843. The number of carbonyl (C=O) groups is 1. The molecular formula is C12H25N3OS. The van der Waals surface area contributed by atoms with Gasteiger partial charge in [-0.3, -0.25) is 9.69 Å². The van der Waals surface area contributed by atoms with Gasteiger partial charge in [-0.25, -0.2) is 0 Å². The third kappa shape index (κ3) is 5.75. The quantitative estimate of drug-likeness (QED) is 0.639. The number of likely N-dealkylation sites (N-methyl/N-ethyl adjacent to an activating group) is 1. The lowest BCUT2D eigenvalue weighted by atomic mass is 10.2. The Morgan fingerprint density at radius 3 is 2.82 bits per heavy atom. The summed E-state index contributed by atoms with van der Waals surface area (Å²) in [6.07, 6.45) is 5.41. The van der Waals surface area contributed by atoms with Gasteiger partial charge in [0.15, 0.2) is 0 Å². The van der Waals surface area contributed by atoms with Crippen molar-refractivity contribution in [2.75, 3.05) is 31.6 Å². The summed E-state index contributed by atoms with van der Waals surface area (Å²) in [4.78, 5) is 14.1. The van der Waals surface area contributed by atoms with Crippen molar-refractivity contribution in [2.45, 2.75) is 38.3 Å². The fourth-order valence-corrected chi connectivity index (χ4v) is 2.36. The molecular weight excluding hydrogens is 234 g/mol. The van der Waals surface area contributed by atoms with Gasteiger partial charge in [-0.15, -0.1) is 0 Å². The highest BCUT2D eigenvalue weighted by molar-refractivity contribution is 7.98. The highest BCUT2D eigenvalue weighted by Gasteiger charge is 2.27. The Kier molecular flexibility index (Phi) is 6.92. The van der Waals surface area contributed by atoms with E-state index in [1.165, 1.54) is 12.8 Å². The van der Waals surface area contributed by atoms with Gasteiger partial charge in [-0.2, -0.15) is 11.8 Å². The van der Waals surface area contributed by atoms with E-state index in [1.54, 1.807) is 11.8 Å². The van der Waals surface area contributed by atoms with E-state index in [2.05, 4.69) is 17.1 Å². The smallest absolute Gasteiger partial charge is 0.236 e. The Labute approximate surface area is 109 Å². The second kappa shape index (κ2) is 7.95. The maximum atomic E-state index is 11.6. The number of hydrogen-bond donors (Lipinski definition) is 2. The molecule has 0 radical (unpaired) electrons. The Morgan fingerprint density at radius 1 is 1.59 bits per heavy atom. The lowest BCUT2D eigenvalue weighted by Crippen LogP contribution is -2.44. The van der Waals surface area contributed by atoms with E-state index in [9.17, 15) is 4.79 Å². The summed E-state index contributed by atoms with van der Waals surface area (Å²) in [7, 11) is 0. The first-order valence-corrected chi connectivity index (χ1v) is 7.84. The summed E-state index contributed by atoms with van der Waals surface area (Å²) in [5.41, 5.74) is 5.79. The van der Waals surface area contributed by atoms with Gasteiger partial charge in [0, 0.05) is 19.1 Å². The van der Waals surface area contributed by atoms with Gasteiger partial charge in [-0.1, -0.05) is 6.92 Å². The molecule has 0 aromatic carbocycles. The number of nitrogens with one attached hydrogen (secondary N) is 1. The van der Waals surface area contributed by atoms with Gasteiger partial charge >= 0.3 is 0 Å². The van der Waals surface area contributed by atoms with Crippen LogP contribution in [-0.2, 0) is 4.79 Å². The average molecular weight is 259 g/mol. The van der Waals surface area contributed by atoms with Crippen molar-refractivity contribution in [3.8, 4) is 0 Å². The van der Waals surface area contributed by atoms with Gasteiger partial charge in [-0.05, 0) is 37.8 Å². The predicted octanol–water partition coefficient (Wildman–Crippen LogP) is 0.667. The number of thioether (sulfide) groups is 1. The zero-order valence-corrected chi connectivity index (χ0v) is 11.8. The van der Waals surface area contributed by atoms with Crippen molar-refractivity contribution in [1.82, 2.24) is 10.2 Å². The fraction of sp³-hybridized carbons (Fsp3) is 0.917. The molecule has 0 aromatic heterocycles. The van der Waals surface area contributed by atoms with E-state index in [1.807, 2.05) is 6.26 Å². The molecule has 1 fully saturated rings. The summed E-state index contributed by atoms with van der Waals surface area (Å²) < 4.78 is 0. The largest absolute Gasteiger partial charge is 0.353 e. The average Bonchev–Trinajstić information content (AvgIpc) is 3.15. The van der Waals surface area contributed by atoms with Gasteiger partial charge in [0.25, 0.3) is 0 Å². The van der Waals surface area contributed by atoms with Crippen molar-refractivity contribution in [2.24, 2.45) is 5.73 Å². The number of nitrogens with zero attached hydrogens (tertiary/aromatic N) is 1. The van der Waals surface area contributed by atoms with Gasteiger partial charge in [0.2, 0.25) is 5.91 Å². The molecule has 1 amide bonds. The Balaban J connectivity index is 2.09. The van der Waals surface area contributed by atoms with Crippen LogP contribution in [0, 0.1) is 0 Å². The van der Waals surface area contributed by atoms with Crippen LogP contribution < -0.4 is 11.1 Å². The normalized spacial score (nSPS) is 17.2. The van der Waals surface area contributed by atoms with Crippen LogP contribution >= 0.6 is 11.8 Å². The highest BCUT2D eigenvalue weighted by Crippen LogP contribution is 2.25. The predicted molar refractivity (Wildman–Crippen MR) is 74.3 cm³/mol. The summed E-state index contributed by atoms with van der Waals surface area (Å²) in [5.74, 6) is 0.934. The van der Waals surface area contributed by atoms with Gasteiger partial charge in [0.05, 0.1) is 6.04 Å². The molecule has 0 bridgehead atoms. The first kappa shape index (κ1) is 14.8. The molecule has 1 aliphatic rings. The first-order valence-electron chi connectivity index (χ1n) is 6.45. The second-order valence-corrected chi connectivity index (χ2v) is 5.52. The van der Waals surface area contributed by atoms with Crippen LogP contribution in [0.5, 0.6) is 0 Å². The number of hydrogen-bond acceptors (Lipinski definition) is 4. The van der Waals surface area contributed by atoms with Crippen LogP contribution in [0.4, 0.5) is 0 Å². The molecule has 17 heavy (non-hydrogen) atoms. The molecule has 100 valence electrons. The number of rotatable bonds is 9. The van der Waals surface area contributed by atoms with Crippen molar-refractivity contribution in [1.29, 1.82) is 0 Å². The molecule has 0 spiro atoms. The van der Waals surface area contributed by atoms with Crippen molar-refractivity contribution < 1.29 is 4.79 Å². The van der Waals surface area contributed by atoms with Crippen LogP contribution in [0.2, 0.25) is 0 Å². The van der Waals surface area contributed by atoms with Crippen LogP contribution in [0.15, 0.2) is 0 Å². The lowest BCUT2D eigenvalue weighted by Gasteiger charge is -2.20. The summed E-state index contributed by atoms with van der Waals surface area (Å²) in [5, 5.41) is 2.92. The maximum Gasteiger partial charge on any atom is 0.236 e. The molecule has 4 nitrogen and oxygen atoms in total. The van der Waals surface area contributed by atoms with Crippen LogP contribution in [0.1, 0.15) is 26.2 Å². The number of carbonyl (C=O) groups excluding carboxylic acids is 1. The topological polar surface area (TPSA) is 58.4 Å². The Morgan fingerprint density at radius 2 is 2.29 bits per heavy atom. The van der Waals surface area contributed by atoms with Crippen molar-refractivity contribution in [3.63, 3.8) is 0 Å². The monoisotopic (exact) mass is 259 g/mol. The molecule has 5 heteroatoms. The second-order valence-electron chi connectivity index (χ2n) is 4.54. The highest BCUT2D eigenvalue weighted by atomic mass is 32.2. The van der Waals surface area contributed by atoms with Crippen LogP contribution in [0.25, 0.3) is 0 Å². The Bertz CT molecular complexity index is 234. The zero-order chi connectivity index (χ0) is 12.7. The SMILES string of the molecule is CCN(CCNC(=O)[C@@H](N)CCSC)C1CC1. The number of nitrogens with two attached hydrogens (primary N) is 1. The molecule has 1 saturated carbocycles. The summed E-state index contributed by atoms with van der Waals surface area (Å²) >= 11 is 1.72. The van der Waals surface area contributed by atoms with E-state index < -0.39 is 0 Å². The van der Waals surface area contributed by atoms with E-state index in [-0.39, 0.29) is 11.9 Å². The number of amides is 1.